The lowest BCUT2D eigenvalue weighted by molar-refractivity contribution is 0.722. The van der Waals surface area contributed by atoms with Crippen LogP contribution in [-0.4, -0.2) is 11.1 Å². The molecule has 4 heteroatoms. The van der Waals surface area contributed by atoms with Crippen LogP contribution in [0.25, 0.3) is 10.9 Å². The molecule has 0 spiro atoms. The average molecular weight is 274 g/mol. The van der Waals surface area contributed by atoms with Crippen LogP contribution in [-0.2, 0) is 6.54 Å². The summed E-state index contributed by atoms with van der Waals surface area (Å²) in [5, 5.41) is 1.93. The van der Waals surface area contributed by atoms with Crippen molar-refractivity contribution in [1.29, 1.82) is 0 Å². The maximum Gasteiger partial charge on any atom is 0.0857 e. The predicted octanol–water partition coefficient (Wildman–Crippen LogP) is 3.02. The number of hydrogen-bond donors (Lipinski definition) is 1. The van der Waals surface area contributed by atoms with Gasteiger partial charge < -0.3 is 10.3 Å². The van der Waals surface area contributed by atoms with E-state index in [2.05, 4.69) is 26.6 Å². The number of halogens is 2. The third kappa shape index (κ3) is 1.67. The van der Waals surface area contributed by atoms with E-state index in [9.17, 15) is 0 Å². The van der Waals surface area contributed by atoms with Crippen molar-refractivity contribution in [2.24, 2.45) is 5.73 Å². The molecule has 1 heterocycles. The first kappa shape index (κ1) is 10.0. The lowest BCUT2D eigenvalue weighted by atomic mass is 10.2. The zero-order valence-electron chi connectivity index (χ0n) is 7.50. The van der Waals surface area contributed by atoms with Gasteiger partial charge in [-0.3, -0.25) is 0 Å². The van der Waals surface area contributed by atoms with Crippen molar-refractivity contribution in [3.8, 4) is 0 Å². The molecule has 0 aliphatic rings. The largest absolute Gasteiger partial charge is 0.334 e. The lowest BCUT2D eigenvalue weighted by Crippen LogP contribution is -2.09. The van der Waals surface area contributed by atoms with Crippen molar-refractivity contribution < 1.29 is 0 Å². The van der Waals surface area contributed by atoms with Crippen molar-refractivity contribution >= 4 is 38.4 Å². The minimum atomic E-state index is 0.620. The second-order valence-electron chi connectivity index (χ2n) is 3.11. The van der Waals surface area contributed by atoms with Crippen LogP contribution < -0.4 is 5.73 Å². The number of hydrogen-bond acceptors (Lipinski definition) is 1. The normalized spacial score (nSPS) is 11.1. The van der Waals surface area contributed by atoms with Crippen LogP contribution in [0.3, 0.4) is 0 Å². The molecule has 14 heavy (non-hydrogen) atoms. The van der Waals surface area contributed by atoms with E-state index in [-0.39, 0.29) is 0 Å². The fraction of sp³-hybridized carbons (Fsp3) is 0.200. The highest BCUT2D eigenvalue weighted by molar-refractivity contribution is 9.10. The van der Waals surface area contributed by atoms with E-state index in [1.54, 1.807) is 0 Å². The summed E-state index contributed by atoms with van der Waals surface area (Å²) >= 11 is 9.44. The number of nitrogens with zero attached hydrogens (tertiary/aromatic N) is 1. The maximum atomic E-state index is 5.94. The van der Waals surface area contributed by atoms with E-state index in [1.807, 2.05) is 18.2 Å². The van der Waals surface area contributed by atoms with Crippen LogP contribution in [0.2, 0.25) is 5.02 Å². The third-order valence-corrected chi connectivity index (χ3v) is 3.06. The van der Waals surface area contributed by atoms with Crippen LogP contribution in [0.1, 0.15) is 0 Å². The molecule has 74 valence electrons. The Bertz CT molecular complexity index is 464. The van der Waals surface area contributed by atoms with Gasteiger partial charge in [0, 0.05) is 23.5 Å². The Morgan fingerprint density at radius 3 is 2.86 bits per heavy atom. The van der Waals surface area contributed by atoms with Crippen LogP contribution in [0.5, 0.6) is 0 Å². The van der Waals surface area contributed by atoms with Crippen molar-refractivity contribution in [1.82, 2.24) is 4.57 Å². The number of benzene rings is 1. The molecular formula is C10H10BrClN2. The highest BCUT2D eigenvalue weighted by Gasteiger charge is 2.05. The summed E-state index contributed by atoms with van der Waals surface area (Å²) in [6.07, 6.45) is 0. The fourth-order valence-electron chi connectivity index (χ4n) is 1.55. The van der Waals surface area contributed by atoms with Gasteiger partial charge in [-0.2, -0.15) is 0 Å². The second kappa shape index (κ2) is 3.93. The Balaban J connectivity index is 2.66. The molecule has 0 bridgehead atoms. The molecule has 1 aromatic heterocycles. The van der Waals surface area contributed by atoms with Gasteiger partial charge in [0.15, 0.2) is 0 Å². The van der Waals surface area contributed by atoms with E-state index in [4.69, 9.17) is 17.3 Å². The molecule has 0 aliphatic heterocycles. The molecule has 0 saturated carbocycles. The van der Waals surface area contributed by atoms with Crippen LogP contribution in [0, 0.1) is 0 Å². The summed E-state index contributed by atoms with van der Waals surface area (Å²) < 4.78 is 3.15. The predicted molar refractivity (Wildman–Crippen MR) is 63.7 cm³/mol. The molecule has 0 unspecified atom stereocenters. The molecule has 2 N–H and O–H groups in total. The van der Waals surface area contributed by atoms with Gasteiger partial charge >= 0.3 is 0 Å². The molecular weight excluding hydrogens is 263 g/mol. The topological polar surface area (TPSA) is 30.9 Å². The number of nitrogens with two attached hydrogens (primary N) is 1. The Hall–Kier alpha value is -0.510. The minimum Gasteiger partial charge on any atom is -0.334 e. The van der Waals surface area contributed by atoms with Gasteiger partial charge in [0.05, 0.1) is 10.1 Å². The van der Waals surface area contributed by atoms with Gasteiger partial charge in [-0.05, 0) is 34.1 Å². The zero-order valence-corrected chi connectivity index (χ0v) is 9.85. The Morgan fingerprint density at radius 2 is 2.14 bits per heavy atom. The molecule has 2 rings (SSSR count). The smallest absolute Gasteiger partial charge is 0.0857 e. The Morgan fingerprint density at radius 1 is 1.36 bits per heavy atom. The molecule has 0 atom stereocenters. The maximum absolute atomic E-state index is 5.94. The summed E-state index contributed by atoms with van der Waals surface area (Å²) in [7, 11) is 0. The molecule has 0 fully saturated rings. The molecule has 1 aromatic carbocycles. The minimum absolute atomic E-state index is 0.620. The molecule has 0 radical (unpaired) electrons. The first-order chi connectivity index (χ1) is 6.72. The monoisotopic (exact) mass is 272 g/mol. The number of aromatic nitrogens is 1. The molecule has 2 nitrogen and oxygen atoms in total. The molecule has 0 amide bonds. The average Bonchev–Trinajstić information content (AvgIpc) is 2.45. The number of rotatable bonds is 2. The van der Waals surface area contributed by atoms with E-state index in [0.717, 1.165) is 21.7 Å². The Kier molecular flexibility index (Phi) is 2.81. The van der Waals surface area contributed by atoms with Crippen molar-refractivity contribution in [3.63, 3.8) is 0 Å². The standard InChI is InChI=1S/C10H10BrClN2/c11-10-5-7-1-2-8(12)6-9(7)14(10)4-3-13/h1-2,5-6H,3-4,13H2. The van der Waals surface area contributed by atoms with Gasteiger partial charge in [-0.1, -0.05) is 17.7 Å². The van der Waals surface area contributed by atoms with Gasteiger partial charge in [0.25, 0.3) is 0 Å². The summed E-state index contributed by atoms with van der Waals surface area (Å²) in [6.45, 7) is 1.42. The number of fused-ring (bicyclic) bond motifs is 1. The fourth-order valence-corrected chi connectivity index (χ4v) is 2.33. The van der Waals surface area contributed by atoms with Crippen LogP contribution in [0.4, 0.5) is 0 Å². The molecule has 0 aliphatic carbocycles. The lowest BCUT2D eigenvalue weighted by Gasteiger charge is -2.04. The van der Waals surface area contributed by atoms with Crippen LogP contribution >= 0.6 is 27.5 Å². The SMILES string of the molecule is NCCn1c(Br)cc2ccc(Cl)cc21. The van der Waals surface area contributed by atoms with Gasteiger partial charge in [-0.25, -0.2) is 0 Å². The third-order valence-electron chi connectivity index (χ3n) is 2.17. The highest BCUT2D eigenvalue weighted by Crippen LogP contribution is 2.26. The van der Waals surface area contributed by atoms with Crippen molar-refractivity contribution in [2.75, 3.05) is 6.54 Å². The van der Waals surface area contributed by atoms with E-state index >= 15 is 0 Å². The van der Waals surface area contributed by atoms with Crippen LogP contribution in [0.15, 0.2) is 28.9 Å². The van der Waals surface area contributed by atoms with E-state index in [0.29, 0.717) is 6.54 Å². The van der Waals surface area contributed by atoms with Crippen molar-refractivity contribution in [2.45, 2.75) is 6.54 Å². The first-order valence-electron chi connectivity index (χ1n) is 4.37. The second-order valence-corrected chi connectivity index (χ2v) is 4.36. The van der Waals surface area contributed by atoms with Crippen molar-refractivity contribution in [3.05, 3.63) is 33.9 Å². The zero-order chi connectivity index (χ0) is 10.1. The van der Waals surface area contributed by atoms with Gasteiger partial charge in [0.1, 0.15) is 0 Å². The van der Waals surface area contributed by atoms with E-state index in [1.165, 1.54) is 5.39 Å². The van der Waals surface area contributed by atoms with Gasteiger partial charge in [-0.15, -0.1) is 0 Å². The highest BCUT2D eigenvalue weighted by atomic mass is 79.9. The molecule has 0 saturated heterocycles. The first-order valence-corrected chi connectivity index (χ1v) is 5.54. The summed E-state index contributed by atoms with van der Waals surface area (Å²) in [5.41, 5.74) is 6.66. The van der Waals surface area contributed by atoms with E-state index < -0.39 is 0 Å². The summed E-state index contributed by atoms with van der Waals surface area (Å²) in [6, 6.07) is 7.93. The van der Waals surface area contributed by atoms with Gasteiger partial charge in [0.2, 0.25) is 0 Å². The summed E-state index contributed by atoms with van der Waals surface area (Å²) in [5.74, 6) is 0. The Labute approximate surface area is 95.8 Å². The molecule has 2 aromatic rings. The quantitative estimate of drug-likeness (QED) is 0.896. The summed E-state index contributed by atoms with van der Waals surface area (Å²) in [4.78, 5) is 0.